The average Bonchev–Trinajstić information content (AvgIpc) is 3.24. The molecule has 4 rings (SSSR count). The zero-order chi connectivity index (χ0) is 18.1. The molecular formula is C18H20FN5O2. The maximum absolute atomic E-state index is 14.2. The predicted octanol–water partition coefficient (Wildman–Crippen LogP) is 2.58. The Hall–Kier alpha value is -2.58. The van der Waals surface area contributed by atoms with Crippen LogP contribution in [0.15, 0.2) is 35.1 Å². The fraction of sp³-hybridized carbons (Fsp3) is 0.389. The van der Waals surface area contributed by atoms with Crippen LogP contribution in [-0.2, 0) is 11.3 Å². The summed E-state index contributed by atoms with van der Waals surface area (Å²) >= 11 is 0. The number of hydrogen-bond acceptors (Lipinski definition) is 6. The predicted molar refractivity (Wildman–Crippen MR) is 91.3 cm³/mol. The van der Waals surface area contributed by atoms with Crippen molar-refractivity contribution in [2.45, 2.75) is 26.4 Å². The lowest BCUT2D eigenvalue weighted by atomic mass is 10.0. The van der Waals surface area contributed by atoms with Gasteiger partial charge in [0.05, 0.1) is 31.1 Å². The van der Waals surface area contributed by atoms with Crippen LogP contribution >= 0.6 is 0 Å². The van der Waals surface area contributed by atoms with E-state index < -0.39 is 0 Å². The van der Waals surface area contributed by atoms with Crippen LogP contribution < -0.4 is 0 Å². The minimum absolute atomic E-state index is 0.0148. The molecule has 1 aliphatic rings. The van der Waals surface area contributed by atoms with Gasteiger partial charge in [-0.1, -0.05) is 22.4 Å². The number of halogens is 1. The van der Waals surface area contributed by atoms with Gasteiger partial charge in [0.2, 0.25) is 0 Å². The van der Waals surface area contributed by atoms with Crippen LogP contribution in [0.25, 0.3) is 5.69 Å². The molecule has 7 nitrogen and oxygen atoms in total. The van der Waals surface area contributed by atoms with E-state index in [4.69, 9.17) is 9.37 Å². The molecule has 1 aliphatic heterocycles. The van der Waals surface area contributed by atoms with Crippen molar-refractivity contribution < 1.29 is 13.8 Å². The number of morpholine rings is 1. The molecule has 0 radical (unpaired) electrons. The summed E-state index contributed by atoms with van der Waals surface area (Å²) in [5.41, 5.74) is 4.05. The number of para-hydroxylation sites is 1. The van der Waals surface area contributed by atoms with Gasteiger partial charge < -0.3 is 4.74 Å². The minimum atomic E-state index is -0.296. The summed E-state index contributed by atoms with van der Waals surface area (Å²) in [6.07, 6.45) is 1.62. The van der Waals surface area contributed by atoms with Gasteiger partial charge in [0.25, 0.3) is 0 Å². The highest BCUT2D eigenvalue weighted by Gasteiger charge is 2.30. The Morgan fingerprint density at radius 2 is 2.12 bits per heavy atom. The number of aryl methyl sites for hydroxylation is 1. The van der Waals surface area contributed by atoms with Crippen molar-refractivity contribution in [2.75, 3.05) is 19.8 Å². The van der Waals surface area contributed by atoms with Crippen LogP contribution in [-0.4, -0.2) is 44.8 Å². The van der Waals surface area contributed by atoms with E-state index in [-0.39, 0.29) is 11.9 Å². The third-order valence-electron chi connectivity index (χ3n) is 4.77. The SMILES string of the molecule is Cc1nn(-c2ccccc2F)c(C)c1C1COCCN1Cc1cnon1. The number of rotatable bonds is 4. The second-order valence-electron chi connectivity index (χ2n) is 6.41. The second-order valence-corrected chi connectivity index (χ2v) is 6.41. The van der Waals surface area contributed by atoms with Crippen molar-refractivity contribution in [1.29, 1.82) is 0 Å². The molecule has 0 amide bonds. The van der Waals surface area contributed by atoms with Crippen LogP contribution in [0, 0.1) is 19.7 Å². The first-order valence-electron chi connectivity index (χ1n) is 8.54. The van der Waals surface area contributed by atoms with Gasteiger partial charge in [-0.15, -0.1) is 0 Å². The normalized spacial score (nSPS) is 18.3. The first-order chi connectivity index (χ1) is 12.6. The van der Waals surface area contributed by atoms with E-state index in [0.29, 0.717) is 25.4 Å². The van der Waals surface area contributed by atoms with Crippen molar-refractivity contribution in [1.82, 2.24) is 25.0 Å². The van der Waals surface area contributed by atoms with E-state index in [9.17, 15) is 4.39 Å². The number of ether oxygens (including phenoxy) is 1. The molecule has 0 bridgehead atoms. The first-order valence-corrected chi connectivity index (χ1v) is 8.54. The highest BCUT2D eigenvalue weighted by atomic mass is 19.1. The molecule has 0 spiro atoms. The molecule has 1 saturated heterocycles. The minimum Gasteiger partial charge on any atom is -0.378 e. The van der Waals surface area contributed by atoms with Gasteiger partial charge in [0, 0.05) is 24.3 Å². The molecule has 3 heterocycles. The summed E-state index contributed by atoms with van der Waals surface area (Å²) in [6.45, 7) is 6.50. The van der Waals surface area contributed by atoms with E-state index in [1.807, 2.05) is 19.9 Å². The summed E-state index contributed by atoms with van der Waals surface area (Å²) in [4.78, 5) is 2.27. The number of nitrogens with zero attached hydrogens (tertiary/aromatic N) is 5. The van der Waals surface area contributed by atoms with E-state index in [0.717, 1.165) is 29.2 Å². The molecule has 2 aromatic heterocycles. The third kappa shape index (κ3) is 3.02. The molecule has 0 aliphatic carbocycles. The van der Waals surface area contributed by atoms with Gasteiger partial charge in [-0.25, -0.2) is 13.7 Å². The fourth-order valence-electron chi connectivity index (χ4n) is 3.55. The lowest BCUT2D eigenvalue weighted by molar-refractivity contribution is -0.0140. The maximum Gasteiger partial charge on any atom is 0.148 e. The van der Waals surface area contributed by atoms with Crippen molar-refractivity contribution >= 4 is 0 Å². The summed E-state index contributed by atoms with van der Waals surface area (Å²) in [5.74, 6) is -0.296. The fourth-order valence-corrected chi connectivity index (χ4v) is 3.55. The van der Waals surface area contributed by atoms with Crippen molar-refractivity contribution in [3.8, 4) is 5.69 Å². The zero-order valence-electron chi connectivity index (χ0n) is 14.7. The second kappa shape index (κ2) is 6.97. The van der Waals surface area contributed by atoms with Gasteiger partial charge in [0.15, 0.2) is 0 Å². The van der Waals surface area contributed by atoms with E-state index in [1.54, 1.807) is 23.0 Å². The monoisotopic (exact) mass is 357 g/mol. The molecule has 1 aromatic carbocycles. The molecule has 8 heteroatoms. The Labute approximate surface area is 150 Å². The Bertz CT molecular complexity index is 893. The molecule has 1 atom stereocenters. The Kier molecular flexibility index (Phi) is 4.52. The summed E-state index contributed by atoms with van der Waals surface area (Å²) in [7, 11) is 0. The molecule has 3 aromatic rings. The lowest BCUT2D eigenvalue weighted by Crippen LogP contribution is -2.39. The summed E-state index contributed by atoms with van der Waals surface area (Å²) in [5, 5.41) is 12.2. The summed E-state index contributed by atoms with van der Waals surface area (Å²) < 4.78 is 26.3. The average molecular weight is 357 g/mol. The maximum atomic E-state index is 14.2. The Morgan fingerprint density at radius 1 is 1.27 bits per heavy atom. The topological polar surface area (TPSA) is 69.2 Å². The van der Waals surface area contributed by atoms with Gasteiger partial charge in [0.1, 0.15) is 17.2 Å². The van der Waals surface area contributed by atoms with Gasteiger partial charge in [-0.05, 0) is 26.0 Å². The van der Waals surface area contributed by atoms with Gasteiger partial charge in [-0.2, -0.15) is 5.10 Å². The third-order valence-corrected chi connectivity index (χ3v) is 4.77. The molecule has 0 N–H and O–H groups in total. The van der Waals surface area contributed by atoms with Crippen LogP contribution in [0.3, 0.4) is 0 Å². The van der Waals surface area contributed by atoms with Gasteiger partial charge in [-0.3, -0.25) is 4.90 Å². The molecule has 1 fully saturated rings. The van der Waals surface area contributed by atoms with E-state index in [2.05, 4.69) is 20.3 Å². The van der Waals surface area contributed by atoms with Crippen LogP contribution in [0.4, 0.5) is 4.39 Å². The van der Waals surface area contributed by atoms with Crippen LogP contribution in [0.2, 0.25) is 0 Å². The molecule has 136 valence electrons. The first kappa shape index (κ1) is 16.9. The molecule has 0 saturated carbocycles. The number of aromatic nitrogens is 4. The molecule has 1 unspecified atom stereocenters. The van der Waals surface area contributed by atoms with Crippen LogP contribution in [0.1, 0.15) is 28.7 Å². The molecular weight excluding hydrogens is 337 g/mol. The Morgan fingerprint density at radius 3 is 2.88 bits per heavy atom. The smallest absolute Gasteiger partial charge is 0.148 e. The summed E-state index contributed by atoms with van der Waals surface area (Å²) in [6, 6.07) is 6.67. The van der Waals surface area contributed by atoms with Crippen molar-refractivity contribution in [3.63, 3.8) is 0 Å². The largest absolute Gasteiger partial charge is 0.378 e. The van der Waals surface area contributed by atoms with Crippen molar-refractivity contribution in [3.05, 3.63) is 58.9 Å². The Balaban J connectivity index is 1.71. The quantitative estimate of drug-likeness (QED) is 0.715. The highest BCUT2D eigenvalue weighted by molar-refractivity contribution is 5.39. The zero-order valence-corrected chi connectivity index (χ0v) is 14.7. The molecule has 26 heavy (non-hydrogen) atoms. The number of hydrogen-bond donors (Lipinski definition) is 0. The highest BCUT2D eigenvalue weighted by Crippen LogP contribution is 2.31. The standard InChI is InChI=1S/C18H20FN5O2/c1-12-18(13(2)24(21-12)16-6-4-3-5-15(16)19)17-11-25-8-7-23(17)10-14-9-20-26-22-14/h3-6,9,17H,7-8,10-11H2,1-2H3. The van der Waals surface area contributed by atoms with E-state index >= 15 is 0 Å². The number of benzene rings is 1. The van der Waals surface area contributed by atoms with E-state index in [1.165, 1.54) is 6.07 Å². The lowest BCUT2D eigenvalue weighted by Gasteiger charge is -2.35. The van der Waals surface area contributed by atoms with Gasteiger partial charge >= 0.3 is 0 Å². The van der Waals surface area contributed by atoms with Crippen LogP contribution in [0.5, 0.6) is 0 Å². The van der Waals surface area contributed by atoms with Crippen molar-refractivity contribution in [2.24, 2.45) is 0 Å².